The van der Waals surface area contributed by atoms with E-state index in [9.17, 15) is 0 Å². The van der Waals surface area contributed by atoms with Gasteiger partial charge in [0.2, 0.25) is 0 Å². The number of benzene rings is 7. The molecule has 55 heavy (non-hydrogen) atoms. The minimum Gasteiger partial charge on any atom is -0.468 e. The Balaban J connectivity index is 1.20. The van der Waals surface area contributed by atoms with Crippen LogP contribution in [0.3, 0.4) is 0 Å². The zero-order valence-corrected chi connectivity index (χ0v) is 31.8. The summed E-state index contributed by atoms with van der Waals surface area (Å²) < 4.78 is 12.4. The number of nitrogens with zero attached hydrogens (tertiary/aromatic N) is 3. The SMILES string of the molecule is Cc1cc2c3c(c1)N1c4c(cccc4-n4c5ccccc5c5cccc1c54)B3c1oc3ccc(C(C)(C)C)cc3c1N2c1cccc2c1sc1ccccc12. The molecule has 3 aromatic heterocycles. The fourth-order valence-electron chi connectivity index (χ4n) is 10.1. The van der Waals surface area contributed by atoms with Crippen molar-refractivity contribution in [2.45, 2.75) is 33.1 Å². The predicted octanol–water partition coefficient (Wildman–Crippen LogP) is 11.9. The van der Waals surface area contributed by atoms with E-state index in [2.05, 4.69) is 176 Å². The normalized spacial score (nSPS) is 14.1. The molecule has 10 aromatic rings. The van der Waals surface area contributed by atoms with E-state index in [1.54, 1.807) is 0 Å². The van der Waals surface area contributed by atoms with Crippen LogP contribution in [0.15, 0.2) is 138 Å². The van der Waals surface area contributed by atoms with Gasteiger partial charge in [-0.25, -0.2) is 0 Å². The molecule has 0 spiro atoms. The van der Waals surface area contributed by atoms with Gasteiger partial charge < -0.3 is 18.8 Å². The van der Waals surface area contributed by atoms with Crippen molar-refractivity contribution in [3.8, 4) is 5.69 Å². The maximum absolute atomic E-state index is 7.26. The molecule has 0 amide bonds. The monoisotopic (exact) mass is 723 g/mol. The van der Waals surface area contributed by atoms with Gasteiger partial charge in [0.15, 0.2) is 0 Å². The van der Waals surface area contributed by atoms with Gasteiger partial charge in [-0.3, -0.25) is 0 Å². The molecule has 13 rings (SSSR count). The first-order chi connectivity index (χ1) is 26.8. The number of rotatable bonds is 1. The molecule has 7 aromatic carbocycles. The molecular formula is C49H34BN3OS. The van der Waals surface area contributed by atoms with Crippen LogP contribution in [0.5, 0.6) is 0 Å². The molecule has 3 aliphatic heterocycles. The van der Waals surface area contributed by atoms with Crippen molar-refractivity contribution in [1.82, 2.24) is 4.57 Å². The molecule has 4 nitrogen and oxygen atoms in total. The smallest absolute Gasteiger partial charge is 0.297 e. The third kappa shape index (κ3) is 3.69. The van der Waals surface area contributed by atoms with Gasteiger partial charge in [0, 0.05) is 43.0 Å². The number of furan rings is 1. The summed E-state index contributed by atoms with van der Waals surface area (Å²) in [7, 11) is 0. The van der Waals surface area contributed by atoms with E-state index in [0.29, 0.717) is 0 Å². The highest BCUT2D eigenvalue weighted by Gasteiger charge is 2.49. The summed E-state index contributed by atoms with van der Waals surface area (Å²) >= 11 is 1.89. The highest BCUT2D eigenvalue weighted by atomic mass is 32.1. The van der Waals surface area contributed by atoms with Crippen LogP contribution >= 0.6 is 11.3 Å². The molecular weight excluding hydrogens is 689 g/mol. The van der Waals surface area contributed by atoms with Gasteiger partial charge in [-0.2, -0.15) is 0 Å². The Hall–Kier alpha value is -6.24. The molecule has 0 radical (unpaired) electrons. The Labute approximate surface area is 322 Å². The molecule has 0 saturated carbocycles. The lowest BCUT2D eigenvalue weighted by atomic mass is 9.35. The number of hydrogen-bond acceptors (Lipinski definition) is 4. The topological polar surface area (TPSA) is 24.6 Å². The second kappa shape index (κ2) is 10.1. The number of para-hydroxylation sites is 3. The summed E-state index contributed by atoms with van der Waals surface area (Å²) in [5.41, 5.74) is 17.9. The van der Waals surface area contributed by atoms with Crippen molar-refractivity contribution < 1.29 is 4.42 Å². The number of thiophene rings is 1. The van der Waals surface area contributed by atoms with Crippen molar-refractivity contribution >= 4 is 122 Å². The van der Waals surface area contributed by atoms with Crippen LogP contribution in [0, 0.1) is 6.92 Å². The lowest BCUT2D eigenvalue weighted by molar-refractivity contribution is 0.590. The van der Waals surface area contributed by atoms with Crippen LogP contribution in [0.1, 0.15) is 31.9 Å². The standard InChI is InChI=1S/C49H34BN3OS/c1-27-24-39-43-40(25-27)53(38-20-10-15-32-30-13-6-8-21-42(30)55-47(32)38)45-33-26-28(49(2,3)4)22-23-41(33)54-48(45)50(43)34-16-11-19-37-46(34)52(39)36-18-9-14-31-29-12-5-7-17-35(29)51(37)44(31)36/h5-26H,1-4H3. The minimum absolute atomic E-state index is 0.0207. The summed E-state index contributed by atoms with van der Waals surface area (Å²) in [6.45, 7) is 9.05. The van der Waals surface area contributed by atoms with Crippen LogP contribution in [0.25, 0.3) is 58.6 Å². The van der Waals surface area contributed by atoms with Gasteiger partial charge >= 0.3 is 0 Å². The zero-order valence-electron chi connectivity index (χ0n) is 30.9. The first-order valence-electron chi connectivity index (χ1n) is 19.2. The van der Waals surface area contributed by atoms with Crippen molar-refractivity contribution in [2.24, 2.45) is 0 Å². The van der Waals surface area contributed by atoms with Gasteiger partial charge in [0.05, 0.1) is 49.8 Å². The molecule has 0 fully saturated rings. The molecule has 6 heterocycles. The van der Waals surface area contributed by atoms with Crippen molar-refractivity contribution in [1.29, 1.82) is 0 Å². The van der Waals surface area contributed by atoms with E-state index in [1.807, 2.05) is 11.3 Å². The fraction of sp³-hybridized carbons (Fsp3) is 0.102. The Morgan fingerprint density at radius 3 is 2.11 bits per heavy atom. The average Bonchev–Trinajstić information content (AvgIpc) is 3.87. The second-order valence-corrected chi connectivity index (χ2v) is 17.6. The van der Waals surface area contributed by atoms with Crippen LogP contribution in [0.2, 0.25) is 0 Å². The number of aromatic nitrogens is 1. The number of fused-ring (bicyclic) bond motifs is 14. The van der Waals surface area contributed by atoms with E-state index < -0.39 is 0 Å². The summed E-state index contributed by atoms with van der Waals surface area (Å²) in [5.74, 6) is 0. The van der Waals surface area contributed by atoms with Crippen LogP contribution < -0.4 is 26.4 Å². The van der Waals surface area contributed by atoms with E-state index >= 15 is 0 Å². The van der Waals surface area contributed by atoms with Gasteiger partial charge in [0.1, 0.15) is 5.58 Å². The quantitative estimate of drug-likeness (QED) is 0.158. The van der Waals surface area contributed by atoms with E-state index in [1.165, 1.54) is 98.2 Å². The highest BCUT2D eigenvalue weighted by molar-refractivity contribution is 7.26. The largest absolute Gasteiger partial charge is 0.468 e. The van der Waals surface area contributed by atoms with Crippen LogP contribution in [-0.4, -0.2) is 11.3 Å². The molecule has 0 N–H and O–H groups in total. The van der Waals surface area contributed by atoms with Gasteiger partial charge in [0.25, 0.3) is 6.71 Å². The predicted molar refractivity (Wildman–Crippen MR) is 234 cm³/mol. The van der Waals surface area contributed by atoms with Gasteiger partial charge in [-0.05, 0) is 89.0 Å². The lowest BCUT2D eigenvalue weighted by Crippen LogP contribution is -2.61. The average molecular weight is 724 g/mol. The van der Waals surface area contributed by atoms with Crippen molar-refractivity contribution in [3.05, 3.63) is 145 Å². The minimum atomic E-state index is -0.0993. The zero-order chi connectivity index (χ0) is 36.5. The first-order valence-corrected chi connectivity index (χ1v) is 20.0. The molecule has 0 unspecified atom stereocenters. The summed E-state index contributed by atoms with van der Waals surface area (Å²) in [4.78, 5) is 5.13. The fourth-order valence-corrected chi connectivity index (χ4v) is 11.3. The molecule has 260 valence electrons. The third-order valence-corrected chi connectivity index (χ3v) is 13.7. The van der Waals surface area contributed by atoms with Gasteiger partial charge in [-0.15, -0.1) is 11.3 Å². The number of aryl methyl sites for hydroxylation is 1. The van der Waals surface area contributed by atoms with Crippen LogP contribution in [0.4, 0.5) is 34.1 Å². The number of anilines is 6. The Morgan fingerprint density at radius 2 is 1.27 bits per heavy atom. The maximum atomic E-state index is 7.26. The first kappa shape index (κ1) is 30.1. The van der Waals surface area contributed by atoms with Gasteiger partial charge in [-0.1, -0.05) is 99.6 Å². The van der Waals surface area contributed by atoms with Crippen molar-refractivity contribution in [2.75, 3.05) is 9.80 Å². The Kier molecular flexibility index (Phi) is 5.53. The maximum Gasteiger partial charge on any atom is 0.297 e. The molecule has 3 aliphatic rings. The highest BCUT2D eigenvalue weighted by Crippen LogP contribution is 2.54. The lowest BCUT2D eigenvalue weighted by Gasteiger charge is -2.45. The van der Waals surface area contributed by atoms with Crippen LogP contribution in [-0.2, 0) is 5.41 Å². The summed E-state index contributed by atoms with van der Waals surface area (Å²) in [6.07, 6.45) is 0. The van der Waals surface area contributed by atoms with E-state index in [-0.39, 0.29) is 12.1 Å². The third-order valence-electron chi connectivity index (χ3n) is 12.5. The van der Waals surface area contributed by atoms with E-state index in [4.69, 9.17) is 4.42 Å². The summed E-state index contributed by atoms with van der Waals surface area (Å²) in [5, 5.41) is 6.30. The Morgan fingerprint density at radius 1 is 0.582 bits per heavy atom. The molecule has 0 atom stereocenters. The second-order valence-electron chi connectivity index (χ2n) is 16.6. The molecule has 0 aliphatic carbocycles. The molecule has 6 heteroatoms. The molecule has 0 bridgehead atoms. The summed E-state index contributed by atoms with van der Waals surface area (Å²) in [6, 6.07) is 49.9. The Bertz CT molecular complexity index is 3360. The van der Waals surface area contributed by atoms with Crippen molar-refractivity contribution in [3.63, 3.8) is 0 Å². The molecule has 0 saturated heterocycles. The number of hydrogen-bond donors (Lipinski definition) is 0. The van der Waals surface area contributed by atoms with E-state index in [0.717, 1.165) is 22.3 Å².